The number of benzene rings is 2. The first-order valence-electron chi connectivity index (χ1n) is 8.62. The molecule has 0 bridgehead atoms. The number of halogens is 2. The van der Waals surface area contributed by atoms with Crippen molar-refractivity contribution in [2.45, 2.75) is 6.54 Å². The third-order valence-electron chi connectivity index (χ3n) is 4.19. The summed E-state index contributed by atoms with van der Waals surface area (Å²) in [6.45, 7) is 0.499. The van der Waals surface area contributed by atoms with Gasteiger partial charge in [0.15, 0.2) is 11.5 Å². The quantitative estimate of drug-likeness (QED) is 0.432. The summed E-state index contributed by atoms with van der Waals surface area (Å²) < 4.78 is 1.54. The van der Waals surface area contributed by atoms with Crippen LogP contribution in [-0.4, -0.2) is 25.6 Å². The van der Waals surface area contributed by atoms with Crippen LogP contribution in [0.15, 0.2) is 60.8 Å². The smallest absolute Gasteiger partial charge is 0.256 e. The highest BCUT2D eigenvalue weighted by Gasteiger charge is 2.11. The van der Waals surface area contributed by atoms with Crippen molar-refractivity contribution >= 4 is 46.4 Å². The van der Waals surface area contributed by atoms with Gasteiger partial charge in [0.2, 0.25) is 0 Å². The number of hydrogen-bond donors (Lipinski definition) is 3. The van der Waals surface area contributed by atoms with Crippen LogP contribution in [0.3, 0.4) is 0 Å². The number of fused-ring (bicyclic) bond motifs is 1. The predicted octanol–water partition coefficient (Wildman–Crippen LogP) is 4.61. The molecule has 2 aromatic carbocycles. The zero-order chi connectivity index (χ0) is 20.4. The van der Waals surface area contributed by atoms with Crippen molar-refractivity contribution < 1.29 is 9.90 Å². The predicted molar refractivity (Wildman–Crippen MR) is 113 cm³/mol. The fraction of sp³-hybridized carbons (Fsp3) is 0.0500. The minimum absolute atomic E-state index is 0.0933. The van der Waals surface area contributed by atoms with E-state index in [9.17, 15) is 9.90 Å². The Morgan fingerprint density at radius 1 is 1.03 bits per heavy atom. The maximum atomic E-state index is 12.4. The molecule has 146 valence electrons. The van der Waals surface area contributed by atoms with Gasteiger partial charge in [0, 0.05) is 12.1 Å². The van der Waals surface area contributed by atoms with E-state index in [0.717, 1.165) is 5.56 Å². The van der Waals surface area contributed by atoms with Gasteiger partial charge in [-0.25, -0.2) is 4.98 Å². The van der Waals surface area contributed by atoms with E-state index in [1.807, 2.05) is 6.07 Å². The van der Waals surface area contributed by atoms with Gasteiger partial charge in [0.25, 0.3) is 5.91 Å². The highest BCUT2D eigenvalue weighted by molar-refractivity contribution is 6.42. The van der Waals surface area contributed by atoms with Gasteiger partial charge in [-0.05, 0) is 54.1 Å². The van der Waals surface area contributed by atoms with Gasteiger partial charge in [-0.3, -0.25) is 4.79 Å². The van der Waals surface area contributed by atoms with Crippen LogP contribution in [0, 0.1) is 0 Å². The lowest BCUT2D eigenvalue weighted by Crippen LogP contribution is -2.14. The Kier molecular flexibility index (Phi) is 5.24. The largest absolute Gasteiger partial charge is 0.508 e. The van der Waals surface area contributed by atoms with Crippen LogP contribution in [0.4, 0.5) is 11.6 Å². The van der Waals surface area contributed by atoms with Gasteiger partial charge >= 0.3 is 0 Å². The number of anilines is 2. The molecule has 9 heteroatoms. The zero-order valence-corrected chi connectivity index (χ0v) is 16.4. The number of aromatic nitrogens is 3. The molecule has 3 N–H and O–H groups in total. The van der Waals surface area contributed by atoms with E-state index >= 15 is 0 Å². The van der Waals surface area contributed by atoms with Crippen LogP contribution >= 0.6 is 23.2 Å². The molecule has 7 nitrogen and oxygen atoms in total. The highest BCUT2D eigenvalue weighted by Crippen LogP contribution is 2.23. The molecular weight excluding hydrogens is 413 g/mol. The summed E-state index contributed by atoms with van der Waals surface area (Å²) >= 11 is 12.0. The third-order valence-corrected chi connectivity index (χ3v) is 4.93. The molecule has 0 fully saturated rings. The Morgan fingerprint density at radius 3 is 2.59 bits per heavy atom. The number of phenolic OH excluding ortho intramolecular Hbond substituents is 1. The van der Waals surface area contributed by atoms with Gasteiger partial charge in [0.05, 0.1) is 16.2 Å². The molecule has 4 rings (SSSR count). The maximum Gasteiger partial charge on any atom is 0.256 e. The number of hydrogen-bond acceptors (Lipinski definition) is 5. The highest BCUT2D eigenvalue weighted by atomic mass is 35.5. The van der Waals surface area contributed by atoms with E-state index < -0.39 is 0 Å². The molecule has 0 saturated heterocycles. The van der Waals surface area contributed by atoms with E-state index in [1.165, 1.54) is 35.0 Å². The lowest BCUT2D eigenvalue weighted by atomic mass is 10.2. The van der Waals surface area contributed by atoms with Gasteiger partial charge < -0.3 is 15.7 Å². The summed E-state index contributed by atoms with van der Waals surface area (Å²) in [5.41, 5.74) is 1.95. The van der Waals surface area contributed by atoms with Crippen molar-refractivity contribution in [3.63, 3.8) is 0 Å². The van der Waals surface area contributed by atoms with E-state index in [0.29, 0.717) is 39.4 Å². The Morgan fingerprint density at radius 2 is 1.83 bits per heavy atom. The van der Waals surface area contributed by atoms with Crippen LogP contribution < -0.4 is 10.6 Å². The van der Waals surface area contributed by atoms with Crippen molar-refractivity contribution in [1.29, 1.82) is 0 Å². The molecule has 1 amide bonds. The second-order valence-electron chi connectivity index (χ2n) is 6.24. The molecule has 2 heterocycles. The fourth-order valence-electron chi connectivity index (χ4n) is 2.70. The molecule has 0 unspecified atom stereocenters. The Balaban J connectivity index is 1.51. The van der Waals surface area contributed by atoms with Gasteiger partial charge in [-0.1, -0.05) is 29.3 Å². The van der Waals surface area contributed by atoms with E-state index in [1.54, 1.807) is 24.3 Å². The lowest BCUT2D eigenvalue weighted by Gasteiger charge is -2.08. The number of carbonyl (C=O) groups excluding carboxylic acids is 1. The maximum absolute atomic E-state index is 12.4. The molecule has 0 radical (unpaired) electrons. The normalized spacial score (nSPS) is 10.8. The second kappa shape index (κ2) is 7.98. The SMILES string of the molecule is O=C(Nc1cnc2ccc(NCc3ccc(Cl)c(Cl)c3)nn12)c1ccc(O)cc1. The van der Waals surface area contributed by atoms with Gasteiger partial charge in [0.1, 0.15) is 11.6 Å². The van der Waals surface area contributed by atoms with Crippen LogP contribution in [0.25, 0.3) is 5.65 Å². The standard InChI is InChI=1S/C20H15Cl2N5O2/c21-15-6-1-12(9-16(15)22)10-23-17-7-8-18-24-11-19(27(18)26-17)25-20(29)13-2-4-14(28)5-3-13/h1-9,11,28H,10H2,(H,23,26)(H,25,29). The summed E-state index contributed by atoms with van der Waals surface area (Å²) in [4.78, 5) is 16.7. The van der Waals surface area contributed by atoms with Crippen LogP contribution in [0.5, 0.6) is 5.75 Å². The van der Waals surface area contributed by atoms with Crippen LogP contribution in [0.2, 0.25) is 10.0 Å². The number of amides is 1. The van der Waals surface area contributed by atoms with Crippen molar-refractivity contribution in [2.24, 2.45) is 0 Å². The average molecular weight is 428 g/mol. The third kappa shape index (κ3) is 4.26. The number of phenols is 1. The number of carbonyl (C=O) groups is 1. The lowest BCUT2D eigenvalue weighted by molar-refractivity contribution is 0.102. The molecule has 0 saturated carbocycles. The Hall–Kier alpha value is -3.29. The topological polar surface area (TPSA) is 91.5 Å². The van der Waals surface area contributed by atoms with E-state index in [2.05, 4.69) is 20.7 Å². The molecule has 0 aliphatic carbocycles. The number of nitrogens with zero attached hydrogens (tertiary/aromatic N) is 3. The molecule has 0 spiro atoms. The summed E-state index contributed by atoms with van der Waals surface area (Å²) in [5, 5.41) is 20.8. The molecule has 0 aliphatic heterocycles. The summed E-state index contributed by atoms with van der Waals surface area (Å²) in [5.74, 6) is 0.788. The molecule has 4 aromatic rings. The van der Waals surface area contributed by atoms with Crippen molar-refractivity contribution in [3.8, 4) is 5.75 Å². The Labute approximate surface area is 175 Å². The fourth-order valence-corrected chi connectivity index (χ4v) is 3.02. The number of imidazole rings is 1. The minimum atomic E-state index is -0.331. The summed E-state index contributed by atoms with van der Waals surface area (Å²) in [6.07, 6.45) is 1.53. The van der Waals surface area contributed by atoms with Crippen LogP contribution in [-0.2, 0) is 6.54 Å². The molecule has 0 aliphatic rings. The summed E-state index contributed by atoms with van der Waals surface area (Å²) in [7, 11) is 0. The molecule has 29 heavy (non-hydrogen) atoms. The molecular formula is C20H15Cl2N5O2. The van der Waals surface area contributed by atoms with Crippen molar-refractivity contribution in [2.75, 3.05) is 10.6 Å². The van der Waals surface area contributed by atoms with Crippen molar-refractivity contribution in [3.05, 3.63) is 82.0 Å². The first-order valence-corrected chi connectivity index (χ1v) is 9.38. The van der Waals surface area contributed by atoms with Crippen LogP contribution in [0.1, 0.15) is 15.9 Å². The van der Waals surface area contributed by atoms with Gasteiger partial charge in [-0.2, -0.15) is 4.52 Å². The molecule has 2 aromatic heterocycles. The van der Waals surface area contributed by atoms with Crippen molar-refractivity contribution in [1.82, 2.24) is 14.6 Å². The van der Waals surface area contributed by atoms with E-state index in [-0.39, 0.29) is 11.7 Å². The minimum Gasteiger partial charge on any atom is -0.508 e. The zero-order valence-electron chi connectivity index (χ0n) is 14.9. The first kappa shape index (κ1) is 19.0. The second-order valence-corrected chi connectivity index (χ2v) is 7.05. The Bertz CT molecular complexity index is 1190. The monoisotopic (exact) mass is 427 g/mol. The number of aromatic hydroxyl groups is 1. The number of rotatable bonds is 5. The first-order chi connectivity index (χ1) is 14.0. The summed E-state index contributed by atoms with van der Waals surface area (Å²) in [6, 6.07) is 15.0. The van der Waals surface area contributed by atoms with E-state index in [4.69, 9.17) is 23.2 Å². The number of nitrogens with one attached hydrogen (secondary N) is 2. The molecule has 0 atom stereocenters. The average Bonchev–Trinajstić information content (AvgIpc) is 3.11. The van der Waals surface area contributed by atoms with Gasteiger partial charge in [-0.15, -0.1) is 5.10 Å².